The van der Waals surface area contributed by atoms with Gasteiger partial charge in [0.15, 0.2) is 0 Å². The fraction of sp³-hybridized carbons (Fsp3) is 0.900. The van der Waals surface area contributed by atoms with E-state index in [2.05, 4.69) is 24.3 Å². The van der Waals surface area contributed by atoms with Gasteiger partial charge in [0.05, 0.1) is 6.54 Å². The van der Waals surface area contributed by atoms with Crippen molar-refractivity contribution in [3.8, 4) is 0 Å². The summed E-state index contributed by atoms with van der Waals surface area (Å²) in [5.41, 5.74) is 0. The summed E-state index contributed by atoms with van der Waals surface area (Å²) in [6.45, 7) is 2.37. The molecule has 0 radical (unpaired) electrons. The van der Waals surface area contributed by atoms with Gasteiger partial charge in [-0.3, -0.25) is 4.79 Å². The van der Waals surface area contributed by atoms with Crippen LogP contribution in [-0.2, 0) is 4.79 Å². The van der Waals surface area contributed by atoms with Crippen LogP contribution in [0.5, 0.6) is 0 Å². The smallest absolute Gasteiger partial charge is 0.236 e. The molecular formula is C10H21N3O. The first-order valence-electron chi connectivity index (χ1n) is 5.24. The first kappa shape index (κ1) is 11.5. The van der Waals surface area contributed by atoms with Gasteiger partial charge in [0.25, 0.3) is 0 Å². The summed E-state index contributed by atoms with van der Waals surface area (Å²) in [5.74, 6) is 0.233. The molecule has 82 valence electrons. The van der Waals surface area contributed by atoms with Crippen LogP contribution in [-0.4, -0.2) is 62.5 Å². The van der Waals surface area contributed by atoms with Crippen LogP contribution in [0.4, 0.5) is 0 Å². The van der Waals surface area contributed by atoms with E-state index in [0.29, 0.717) is 12.6 Å². The Bertz CT molecular complexity index is 194. The van der Waals surface area contributed by atoms with Gasteiger partial charge in [0.1, 0.15) is 0 Å². The van der Waals surface area contributed by atoms with Crippen LogP contribution in [0.25, 0.3) is 0 Å². The maximum absolute atomic E-state index is 11.7. The zero-order chi connectivity index (χ0) is 10.6. The van der Waals surface area contributed by atoms with E-state index in [1.54, 1.807) is 0 Å². The number of hydrogen-bond donors (Lipinski definition) is 1. The second kappa shape index (κ2) is 5.32. The maximum Gasteiger partial charge on any atom is 0.236 e. The van der Waals surface area contributed by atoms with E-state index in [-0.39, 0.29) is 5.91 Å². The van der Waals surface area contributed by atoms with E-state index in [9.17, 15) is 4.79 Å². The molecular weight excluding hydrogens is 178 g/mol. The third-order valence-corrected chi connectivity index (χ3v) is 2.60. The molecule has 1 aliphatic heterocycles. The normalized spacial score (nSPS) is 22.0. The summed E-state index contributed by atoms with van der Waals surface area (Å²) in [5, 5.41) is 2.91. The molecule has 0 aromatic rings. The topological polar surface area (TPSA) is 35.6 Å². The van der Waals surface area contributed by atoms with Gasteiger partial charge in [-0.2, -0.15) is 0 Å². The standard InChI is InChI=1S/C10H21N3O/c1-11-7-10(14)13-6-4-5-9(13)8-12(2)3/h9,11H,4-8H2,1-3H3. The number of likely N-dealkylation sites (N-methyl/N-ethyl adjacent to an activating group) is 2. The van der Waals surface area contributed by atoms with Crippen LogP contribution in [0.2, 0.25) is 0 Å². The van der Waals surface area contributed by atoms with Crippen LogP contribution < -0.4 is 5.32 Å². The predicted octanol–water partition coefficient (Wildman–Crippen LogP) is -0.242. The number of amides is 1. The highest BCUT2D eigenvalue weighted by Crippen LogP contribution is 2.17. The molecule has 1 fully saturated rings. The maximum atomic E-state index is 11.7. The highest BCUT2D eigenvalue weighted by molar-refractivity contribution is 5.78. The quantitative estimate of drug-likeness (QED) is 0.678. The minimum Gasteiger partial charge on any atom is -0.337 e. The first-order valence-corrected chi connectivity index (χ1v) is 5.24. The zero-order valence-electron chi connectivity index (χ0n) is 9.42. The van der Waals surface area contributed by atoms with Crippen molar-refractivity contribution in [2.75, 3.05) is 40.8 Å². The van der Waals surface area contributed by atoms with Crippen molar-refractivity contribution in [1.29, 1.82) is 0 Å². The van der Waals surface area contributed by atoms with Crippen molar-refractivity contribution in [2.24, 2.45) is 0 Å². The van der Waals surface area contributed by atoms with Crippen molar-refractivity contribution >= 4 is 5.91 Å². The summed E-state index contributed by atoms with van der Waals surface area (Å²) in [6, 6.07) is 0.422. The van der Waals surface area contributed by atoms with Crippen molar-refractivity contribution in [3.63, 3.8) is 0 Å². The monoisotopic (exact) mass is 199 g/mol. The molecule has 0 spiro atoms. The molecule has 0 bridgehead atoms. The third-order valence-electron chi connectivity index (χ3n) is 2.60. The number of likely N-dealkylation sites (tertiary alicyclic amines) is 1. The fourth-order valence-corrected chi connectivity index (χ4v) is 2.03. The van der Waals surface area contributed by atoms with Gasteiger partial charge in [0, 0.05) is 19.1 Å². The molecule has 1 rings (SSSR count). The Labute approximate surface area is 86.2 Å². The van der Waals surface area contributed by atoms with E-state index in [1.165, 1.54) is 0 Å². The Balaban J connectivity index is 2.46. The Hall–Kier alpha value is -0.610. The fourth-order valence-electron chi connectivity index (χ4n) is 2.03. The lowest BCUT2D eigenvalue weighted by atomic mass is 10.2. The van der Waals surface area contributed by atoms with Crippen LogP contribution in [0, 0.1) is 0 Å². The van der Waals surface area contributed by atoms with E-state index < -0.39 is 0 Å². The van der Waals surface area contributed by atoms with Crippen molar-refractivity contribution in [1.82, 2.24) is 15.1 Å². The average molecular weight is 199 g/mol. The molecule has 4 heteroatoms. The van der Waals surface area contributed by atoms with Crippen LogP contribution in [0.3, 0.4) is 0 Å². The lowest BCUT2D eigenvalue weighted by Crippen LogP contribution is -2.44. The molecule has 1 saturated heterocycles. The molecule has 0 aliphatic carbocycles. The number of hydrogen-bond acceptors (Lipinski definition) is 3. The highest BCUT2D eigenvalue weighted by atomic mass is 16.2. The van der Waals surface area contributed by atoms with Gasteiger partial charge in [-0.15, -0.1) is 0 Å². The molecule has 1 N–H and O–H groups in total. The minimum absolute atomic E-state index is 0.233. The lowest BCUT2D eigenvalue weighted by molar-refractivity contribution is -0.131. The van der Waals surface area contributed by atoms with Gasteiger partial charge in [-0.25, -0.2) is 0 Å². The van der Waals surface area contributed by atoms with E-state index in [1.807, 2.05) is 11.9 Å². The molecule has 1 unspecified atom stereocenters. The van der Waals surface area contributed by atoms with Gasteiger partial charge < -0.3 is 15.1 Å². The molecule has 0 aromatic carbocycles. The zero-order valence-corrected chi connectivity index (χ0v) is 9.42. The number of carbonyl (C=O) groups excluding carboxylic acids is 1. The molecule has 1 heterocycles. The third kappa shape index (κ3) is 2.96. The Kier molecular flexibility index (Phi) is 4.35. The van der Waals surface area contributed by atoms with Gasteiger partial charge in [0.2, 0.25) is 5.91 Å². The lowest BCUT2D eigenvalue weighted by Gasteiger charge is -2.27. The number of carbonyl (C=O) groups is 1. The van der Waals surface area contributed by atoms with Crippen molar-refractivity contribution in [3.05, 3.63) is 0 Å². The number of rotatable bonds is 4. The minimum atomic E-state index is 0.233. The number of nitrogens with one attached hydrogen (secondary N) is 1. The Morgan fingerprint density at radius 3 is 2.86 bits per heavy atom. The van der Waals surface area contributed by atoms with Crippen LogP contribution >= 0.6 is 0 Å². The summed E-state index contributed by atoms with van der Waals surface area (Å²) in [4.78, 5) is 15.8. The highest BCUT2D eigenvalue weighted by Gasteiger charge is 2.28. The molecule has 1 aliphatic rings. The summed E-state index contributed by atoms with van der Waals surface area (Å²) < 4.78 is 0. The number of nitrogens with zero attached hydrogens (tertiary/aromatic N) is 2. The SMILES string of the molecule is CNCC(=O)N1CCCC1CN(C)C. The molecule has 0 aromatic heterocycles. The Morgan fingerprint density at radius 1 is 1.57 bits per heavy atom. The second-order valence-electron chi connectivity index (χ2n) is 4.18. The van der Waals surface area contributed by atoms with E-state index >= 15 is 0 Å². The average Bonchev–Trinajstić information content (AvgIpc) is 2.51. The van der Waals surface area contributed by atoms with Crippen LogP contribution in [0.1, 0.15) is 12.8 Å². The van der Waals surface area contributed by atoms with Gasteiger partial charge in [-0.1, -0.05) is 0 Å². The molecule has 14 heavy (non-hydrogen) atoms. The summed E-state index contributed by atoms with van der Waals surface area (Å²) >= 11 is 0. The van der Waals surface area contributed by atoms with E-state index in [4.69, 9.17) is 0 Å². The second-order valence-corrected chi connectivity index (χ2v) is 4.18. The van der Waals surface area contributed by atoms with Crippen molar-refractivity contribution < 1.29 is 4.79 Å². The molecule has 4 nitrogen and oxygen atoms in total. The van der Waals surface area contributed by atoms with E-state index in [0.717, 1.165) is 25.9 Å². The molecule has 1 atom stereocenters. The van der Waals surface area contributed by atoms with Crippen LogP contribution in [0.15, 0.2) is 0 Å². The molecule has 0 saturated carbocycles. The first-order chi connectivity index (χ1) is 6.65. The van der Waals surface area contributed by atoms with Gasteiger partial charge in [-0.05, 0) is 34.0 Å². The molecule has 1 amide bonds. The van der Waals surface area contributed by atoms with Crippen molar-refractivity contribution in [2.45, 2.75) is 18.9 Å². The largest absolute Gasteiger partial charge is 0.337 e. The Morgan fingerprint density at radius 2 is 2.29 bits per heavy atom. The summed E-state index contributed by atoms with van der Waals surface area (Å²) in [6.07, 6.45) is 2.29. The summed E-state index contributed by atoms with van der Waals surface area (Å²) in [7, 11) is 5.92. The van der Waals surface area contributed by atoms with Gasteiger partial charge >= 0.3 is 0 Å². The predicted molar refractivity (Wildman–Crippen MR) is 57.2 cm³/mol.